The average molecular weight is 278 g/mol. The second kappa shape index (κ2) is 4.72. The second-order valence-electron chi connectivity index (χ2n) is 8.76. The van der Waals surface area contributed by atoms with Gasteiger partial charge in [-0.25, -0.2) is 0 Å². The van der Waals surface area contributed by atoms with E-state index in [-0.39, 0.29) is 5.91 Å². The molecule has 0 aromatic carbocycles. The van der Waals surface area contributed by atoms with Crippen molar-refractivity contribution in [2.45, 2.75) is 58.8 Å². The lowest BCUT2D eigenvalue weighted by molar-refractivity contribution is -0.156. The molecule has 20 heavy (non-hydrogen) atoms. The minimum absolute atomic E-state index is 0.273. The van der Waals surface area contributed by atoms with Crippen LogP contribution in [0.4, 0.5) is 0 Å². The van der Waals surface area contributed by atoms with E-state index in [4.69, 9.17) is 0 Å². The zero-order valence-electron chi connectivity index (χ0n) is 13.3. The summed E-state index contributed by atoms with van der Waals surface area (Å²) >= 11 is 0. The van der Waals surface area contributed by atoms with Gasteiger partial charge in [0, 0.05) is 19.5 Å². The minimum Gasteiger partial charge on any atom is -0.355 e. The van der Waals surface area contributed by atoms with E-state index in [1.807, 2.05) is 7.05 Å². The van der Waals surface area contributed by atoms with E-state index in [9.17, 15) is 4.79 Å². The molecule has 2 N–H and O–H groups in total. The lowest BCUT2D eigenvalue weighted by Crippen LogP contribution is -2.56. The summed E-state index contributed by atoms with van der Waals surface area (Å²) < 4.78 is 0. The largest absolute Gasteiger partial charge is 0.355 e. The molecule has 0 heterocycles. The molecular weight excluding hydrogens is 248 g/mol. The van der Waals surface area contributed by atoms with Crippen LogP contribution >= 0.6 is 0 Å². The van der Waals surface area contributed by atoms with E-state index < -0.39 is 0 Å². The Labute approximate surface area is 123 Å². The Balaban J connectivity index is 1.68. The molecular formula is C17H30N2O. The molecule has 0 spiro atoms. The molecule has 4 rings (SSSR count). The highest BCUT2D eigenvalue weighted by Gasteiger charge is 2.60. The molecule has 0 aromatic heterocycles. The lowest BCUT2D eigenvalue weighted by atomic mass is 9.40. The van der Waals surface area contributed by atoms with Crippen LogP contribution in [0.5, 0.6) is 0 Å². The van der Waals surface area contributed by atoms with Crippen LogP contribution < -0.4 is 10.6 Å². The van der Waals surface area contributed by atoms with Gasteiger partial charge in [0.1, 0.15) is 0 Å². The number of rotatable bonds is 5. The summed E-state index contributed by atoms with van der Waals surface area (Å²) in [6, 6.07) is 0. The third-order valence-electron chi connectivity index (χ3n) is 5.97. The number of nitrogens with one attached hydrogen (secondary N) is 2. The molecule has 4 saturated carbocycles. The molecule has 3 nitrogen and oxygen atoms in total. The van der Waals surface area contributed by atoms with Crippen molar-refractivity contribution < 1.29 is 4.79 Å². The van der Waals surface area contributed by atoms with Gasteiger partial charge in [0.2, 0.25) is 5.91 Å². The smallest absolute Gasteiger partial charge is 0.220 e. The fraction of sp³-hybridized carbons (Fsp3) is 0.941. The number of hydrogen-bond acceptors (Lipinski definition) is 2. The Kier molecular flexibility index (Phi) is 3.39. The number of amides is 1. The van der Waals surface area contributed by atoms with Crippen molar-refractivity contribution in [3.63, 3.8) is 0 Å². The molecule has 0 aromatic rings. The molecule has 0 aliphatic heterocycles. The van der Waals surface area contributed by atoms with Gasteiger partial charge in [-0.1, -0.05) is 13.8 Å². The van der Waals surface area contributed by atoms with Crippen molar-refractivity contribution in [1.29, 1.82) is 0 Å². The van der Waals surface area contributed by atoms with Crippen LogP contribution in [0.25, 0.3) is 0 Å². The van der Waals surface area contributed by atoms with Crippen LogP contribution in [0.15, 0.2) is 0 Å². The molecule has 114 valence electrons. The van der Waals surface area contributed by atoms with Crippen LogP contribution in [0.1, 0.15) is 58.8 Å². The van der Waals surface area contributed by atoms with Crippen LogP contribution in [-0.4, -0.2) is 26.0 Å². The van der Waals surface area contributed by atoms with Gasteiger partial charge >= 0.3 is 0 Å². The molecule has 0 radical (unpaired) electrons. The summed E-state index contributed by atoms with van der Waals surface area (Å²) in [6.45, 7) is 6.56. The van der Waals surface area contributed by atoms with E-state index in [0.717, 1.165) is 25.4 Å². The SMILES string of the molecule is CNCCNC(=O)CC12CC3CC(C)(CC(C)(C3)C1)C2. The predicted molar refractivity (Wildman–Crippen MR) is 81.4 cm³/mol. The van der Waals surface area contributed by atoms with Crippen LogP contribution in [0, 0.1) is 22.2 Å². The van der Waals surface area contributed by atoms with E-state index in [1.54, 1.807) is 0 Å². The summed E-state index contributed by atoms with van der Waals surface area (Å²) in [5, 5.41) is 6.16. The lowest BCUT2D eigenvalue weighted by Gasteiger charge is -2.65. The Hall–Kier alpha value is -0.570. The Bertz CT molecular complexity index is 388. The van der Waals surface area contributed by atoms with Crippen LogP contribution in [0.2, 0.25) is 0 Å². The molecule has 4 aliphatic carbocycles. The highest BCUT2D eigenvalue weighted by atomic mass is 16.1. The number of carbonyl (C=O) groups excluding carboxylic acids is 1. The molecule has 2 unspecified atom stereocenters. The minimum atomic E-state index is 0.273. The van der Waals surface area contributed by atoms with Crippen molar-refractivity contribution in [2.24, 2.45) is 22.2 Å². The van der Waals surface area contributed by atoms with Crippen molar-refractivity contribution in [1.82, 2.24) is 10.6 Å². The quantitative estimate of drug-likeness (QED) is 0.759. The molecule has 4 aliphatic rings. The maximum absolute atomic E-state index is 12.3. The summed E-state index contributed by atoms with van der Waals surface area (Å²) in [4.78, 5) is 12.3. The van der Waals surface area contributed by atoms with Gasteiger partial charge in [-0.3, -0.25) is 4.79 Å². The van der Waals surface area contributed by atoms with Crippen LogP contribution in [-0.2, 0) is 4.79 Å². The first-order chi connectivity index (χ1) is 9.36. The van der Waals surface area contributed by atoms with Crippen molar-refractivity contribution >= 4 is 5.91 Å². The second-order valence-corrected chi connectivity index (χ2v) is 8.76. The average Bonchev–Trinajstić information content (AvgIpc) is 2.22. The maximum atomic E-state index is 12.3. The topological polar surface area (TPSA) is 41.1 Å². The molecule has 1 amide bonds. The van der Waals surface area contributed by atoms with E-state index in [1.165, 1.54) is 38.5 Å². The fourth-order valence-electron chi connectivity index (χ4n) is 6.61. The van der Waals surface area contributed by atoms with E-state index in [2.05, 4.69) is 24.5 Å². The number of likely N-dealkylation sites (N-methyl/N-ethyl adjacent to an activating group) is 1. The maximum Gasteiger partial charge on any atom is 0.220 e. The summed E-state index contributed by atoms with van der Waals surface area (Å²) in [6.07, 6.45) is 8.84. The van der Waals surface area contributed by atoms with E-state index >= 15 is 0 Å². The monoisotopic (exact) mass is 278 g/mol. The molecule has 2 atom stereocenters. The zero-order valence-corrected chi connectivity index (χ0v) is 13.3. The highest BCUT2D eigenvalue weighted by molar-refractivity contribution is 5.76. The van der Waals surface area contributed by atoms with Gasteiger partial charge in [-0.2, -0.15) is 0 Å². The third kappa shape index (κ3) is 2.61. The van der Waals surface area contributed by atoms with E-state index in [0.29, 0.717) is 16.2 Å². The Morgan fingerprint density at radius 2 is 1.70 bits per heavy atom. The normalized spacial score (nSPS) is 45.6. The third-order valence-corrected chi connectivity index (χ3v) is 5.97. The molecule has 3 heteroatoms. The van der Waals surface area contributed by atoms with Crippen molar-refractivity contribution in [3.05, 3.63) is 0 Å². The van der Waals surface area contributed by atoms with Crippen molar-refractivity contribution in [3.8, 4) is 0 Å². The summed E-state index contributed by atoms with van der Waals surface area (Å²) in [5.74, 6) is 1.15. The number of hydrogen-bond donors (Lipinski definition) is 2. The summed E-state index contributed by atoms with van der Waals surface area (Å²) in [7, 11) is 1.92. The van der Waals surface area contributed by atoms with Gasteiger partial charge in [0.15, 0.2) is 0 Å². The summed E-state index contributed by atoms with van der Waals surface area (Å²) in [5.41, 5.74) is 1.34. The fourth-order valence-corrected chi connectivity index (χ4v) is 6.61. The standard InChI is InChI=1S/C17H30N2O/c1-15-6-13-7-16(2,10-15)12-17(8-13,11-15)9-14(20)19-5-4-18-3/h13,18H,4-12H2,1-3H3,(H,19,20). The van der Waals surface area contributed by atoms with Gasteiger partial charge in [-0.15, -0.1) is 0 Å². The first-order valence-electron chi connectivity index (χ1n) is 8.28. The molecule has 4 bridgehead atoms. The first-order valence-corrected chi connectivity index (χ1v) is 8.28. The van der Waals surface area contributed by atoms with Crippen molar-refractivity contribution in [2.75, 3.05) is 20.1 Å². The Morgan fingerprint density at radius 1 is 1.05 bits per heavy atom. The molecule has 0 saturated heterocycles. The van der Waals surface area contributed by atoms with Gasteiger partial charge < -0.3 is 10.6 Å². The Morgan fingerprint density at radius 3 is 2.25 bits per heavy atom. The number of carbonyl (C=O) groups is 1. The zero-order chi connectivity index (χ0) is 14.4. The molecule has 4 fully saturated rings. The predicted octanol–water partition coefficient (Wildman–Crippen LogP) is 2.71. The van der Waals surface area contributed by atoms with Gasteiger partial charge in [0.05, 0.1) is 0 Å². The van der Waals surface area contributed by atoms with Gasteiger partial charge in [-0.05, 0) is 67.7 Å². The highest BCUT2D eigenvalue weighted by Crippen LogP contribution is 2.70. The van der Waals surface area contributed by atoms with Gasteiger partial charge in [0.25, 0.3) is 0 Å². The van der Waals surface area contributed by atoms with Crippen LogP contribution in [0.3, 0.4) is 0 Å². The first kappa shape index (κ1) is 14.4.